The summed E-state index contributed by atoms with van der Waals surface area (Å²) in [6.45, 7) is 10.0. The molecule has 0 fully saturated rings. The van der Waals surface area contributed by atoms with Gasteiger partial charge in [0.25, 0.3) is 0 Å². The van der Waals surface area contributed by atoms with E-state index in [2.05, 4.69) is 38.8 Å². The Labute approximate surface area is 129 Å². The van der Waals surface area contributed by atoms with Crippen LogP contribution in [0.2, 0.25) is 0 Å². The van der Waals surface area contributed by atoms with Crippen molar-refractivity contribution >= 4 is 5.97 Å². The first kappa shape index (κ1) is 17.6. The highest BCUT2D eigenvalue weighted by Crippen LogP contribution is 2.40. The lowest BCUT2D eigenvalue weighted by molar-refractivity contribution is -0.150. The molecular formula is C19H28O2. The zero-order chi connectivity index (χ0) is 16.1. The maximum absolute atomic E-state index is 11.1. The van der Waals surface area contributed by atoms with Crippen LogP contribution in [-0.2, 0) is 9.53 Å². The van der Waals surface area contributed by atoms with Gasteiger partial charge in [-0.05, 0) is 56.9 Å². The van der Waals surface area contributed by atoms with E-state index in [4.69, 9.17) is 11.2 Å². The van der Waals surface area contributed by atoms with Crippen LogP contribution in [0.5, 0.6) is 0 Å². The molecule has 1 aliphatic carbocycles. The van der Waals surface area contributed by atoms with Crippen LogP contribution in [-0.4, -0.2) is 11.6 Å². The predicted octanol–water partition coefficient (Wildman–Crippen LogP) is 4.80. The van der Waals surface area contributed by atoms with Crippen molar-refractivity contribution in [1.82, 2.24) is 0 Å². The van der Waals surface area contributed by atoms with Gasteiger partial charge in [0.1, 0.15) is 0 Å². The molecule has 21 heavy (non-hydrogen) atoms. The summed E-state index contributed by atoms with van der Waals surface area (Å²) in [4.78, 5) is 11.1. The van der Waals surface area contributed by atoms with Gasteiger partial charge < -0.3 is 4.74 Å². The summed E-state index contributed by atoms with van der Waals surface area (Å²) in [5.41, 5.74) is 2.32. The van der Waals surface area contributed by atoms with Gasteiger partial charge in [-0.2, -0.15) is 0 Å². The number of rotatable bonds is 5. The minimum atomic E-state index is -0.780. The molecule has 2 nitrogen and oxygen atoms in total. The number of carbonyl (C=O) groups excluding carboxylic acids is 1. The Balaban J connectivity index is 2.62. The van der Waals surface area contributed by atoms with Crippen LogP contribution >= 0.6 is 0 Å². The minimum Gasteiger partial charge on any atom is -0.446 e. The number of hydrogen-bond acceptors (Lipinski definition) is 2. The molecule has 0 N–H and O–H groups in total. The van der Waals surface area contributed by atoms with E-state index < -0.39 is 5.60 Å². The van der Waals surface area contributed by atoms with E-state index in [0.717, 1.165) is 19.3 Å². The summed E-state index contributed by atoms with van der Waals surface area (Å²) in [5.74, 6) is 2.28. The van der Waals surface area contributed by atoms with Crippen LogP contribution in [0.15, 0.2) is 23.3 Å². The van der Waals surface area contributed by atoms with E-state index in [1.54, 1.807) is 6.92 Å². The fourth-order valence-electron chi connectivity index (χ4n) is 3.02. The number of esters is 1. The molecule has 0 aliphatic heterocycles. The second-order valence-corrected chi connectivity index (χ2v) is 6.79. The topological polar surface area (TPSA) is 26.3 Å². The molecule has 1 rings (SSSR count). The molecule has 0 saturated carbocycles. The maximum atomic E-state index is 11.1. The van der Waals surface area contributed by atoms with E-state index in [1.807, 2.05) is 0 Å². The van der Waals surface area contributed by atoms with Crippen LogP contribution in [0.1, 0.15) is 66.7 Å². The number of carbonyl (C=O) groups is 1. The van der Waals surface area contributed by atoms with Crippen molar-refractivity contribution in [3.8, 4) is 12.3 Å². The molecule has 1 aliphatic rings. The van der Waals surface area contributed by atoms with Crippen LogP contribution in [0.3, 0.4) is 0 Å². The number of allylic oxidation sites excluding steroid dienone is 4. The van der Waals surface area contributed by atoms with Gasteiger partial charge in [-0.15, -0.1) is 6.42 Å². The standard InChI is InChI=1S/C19H28O2/c1-7-19(6,21-16(3)20)14-9-8-12-17-15(2)11-10-13-18(17,4)5/h1,11-12H,8-10,13-14H2,2-6H3/b17-12+. The number of hydrogen-bond donors (Lipinski definition) is 0. The lowest BCUT2D eigenvalue weighted by Crippen LogP contribution is -2.28. The molecule has 0 radical (unpaired) electrons. The first-order valence-corrected chi connectivity index (χ1v) is 7.75. The second-order valence-electron chi connectivity index (χ2n) is 6.79. The lowest BCUT2D eigenvalue weighted by Gasteiger charge is -2.32. The number of ether oxygens (including phenoxy) is 1. The first-order valence-electron chi connectivity index (χ1n) is 7.75. The van der Waals surface area contributed by atoms with Crippen molar-refractivity contribution in [1.29, 1.82) is 0 Å². The third kappa shape index (κ3) is 5.08. The van der Waals surface area contributed by atoms with E-state index in [-0.39, 0.29) is 11.4 Å². The molecule has 0 aromatic carbocycles. The Hall–Kier alpha value is -1.49. The van der Waals surface area contributed by atoms with E-state index in [9.17, 15) is 4.79 Å². The van der Waals surface area contributed by atoms with Gasteiger partial charge in [-0.3, -0.25) is 4.79 Å². The maximum Gasteiger partial charge on any atom is 0.304 e. The van der Waals surface area contributed by atoms with Crippen molar-refractivity contribution in [3.05, 3.63) is 23.3 Å². The van der Waals surface area contributed by atoms with Crippen molar-refractivity contribution in [2.24, 2.45) is 5.41 Å². The van der Waals surface area contributed by atoms with Crippen molar-refractivity contribution < 1.29 is 9.53 Å². The fraction of sp³-hybridized carbons (Fsp3) is 0.632. The average molecular weight is 288 g/mol. The highest BCUT2D eigenvalue weighted by molar-refractivity contribution is 5.67. The summed E-state index contributed by atoms with van der Waals surface area (Å²) in [7, 11) is 0. The Bertz CT molecular complexity index is 488. The predicted molar refractivity (Wildman–Crippen MR) is 87.7 cm³/mol. The first-order chi connectivity index (χ1) is 9.70. The summed E-state index contributed by atoms with van der Waals surface area (Å²) in [5, 5.41) is 0. The van der Waals surface area contributed by atoms with Crippen molar-refractivity contribution in [3.63, 3.8) is 0 Å². The molecule has 1 unspecified atom stereocenters. The fourth-order valence-corrected chi connectivity index (χ4v) is 3.02. The molecule has 0 spiro atoms. The molecule has 2 heteroatoms. The second kappa shape index (κ2) is 6.98. The molecule has 0 amide bonds. The third-order valence-electron chi connectivity index (χ3n) is 4.25. The largest absolute Gasteiger partial charge is 0.446 e. The zero-order valence-electron chi connectivity index (χ0n) is 14.1. The lowest BCUT2D eigenvalue weighted by atomic mass is 9.73. The van der Waals surface area contributed by atoms with Crippen LogP contribution in [0, 0.1) is 17.8 Å². The quantitative estimate of drug-likeness (QED) is 0.412. The average Bonchev–Trinajstić information content (AvgIpc) is 2.36. The smallest absolute Gasteiger partial charge is 0.304 e. The highest BCUT2D eigenvalue weighted by Gasteiger charge is 2.27. The minimum absolute atomic E-state index is 0.254. The van der Waals surface area contributed by atoms with Gasteiger partial charge in [-0.25, -0.2) is 0 Å². The van der Waals surface area contributed by atoms with Gasteiger partial charge in [0.05, 0.1) is 0 Å². The normalized spacial score (nSPS) is 22.1. The Morgan fingerprint density at radius 1 is 1.57 bits per heavy atom. The van der Waals surface area contributed by atoms with E-state index in [1.165, 1.54) is 24.5 Å². The summed E-state index contributed by atoms with van der Waals surface area (Å²) in [6, 6.07) is 0. The van der Waals surface area contributed by atoms with E-state index in [0.29, 0.717) is 6.42 Å². The summed E-state index contributed by atoms with van der Waals surface area (Å²) >= 11 is 0. The monoisotopic (exact) mass is 288 g/mol. The molecule has 0 heterocycles. The van der Waals surface area contributed by atoms with E-state index >= 15 is 0 Å². The molecule has 1 atom stereocenters. The molecule has 0 bridgehead atoms. The van der Waals surface area contributed by atoms with Crippen LogP contribution in [0.25, 0.3) is 0 Å². The zero-order valence-corrected chi connectivity index (χ0v) is 14.1. The van der Waals surface area contributed by atoms with Crippen LogP contribution < -0.4 is 0 Å². The van der Waals surface area contributed by atoms with Crippen LogP contribution in [0.4, 0.5) is 0 Å². The Morgan fingerprint density at radius 3 is 2.76 bits per heavy atom. The van der Waals surface area contributed by atoms with Gasteiger partial charge >= 0.3 is 5.97 Å². The highest BCUT2D eigenvalue weighted by atomic mass is 16.6. The molecule has 0 saturated heterocycles. The SMILES string of the molecule is C#CC(C)(CCC/C=C1\C(C)=CCCC1(C)C)OC(C)=O. The summed E-state index contributed by atoms with van der Waals surface area (Å²) in [6.07, 6.45) is 15.1. The van der Waals surface area contributed by atoms with Crippen molar-refractivity contribution in [2.45, 2.75) is 72.3 Å². The molecule has 0 aromatic rings. The Morgan fingerprint density at radius 2 is 2.24 bits per heavy atom. The van der Waals surface area contributed by atoms with Gasteiger partial charge in [0.2, 0.25) is 0 Å². The molecule has 0 aromatic heterocycles. The Kier molecular flexibility index (Phi) is 5.84. The molecule has 116 valence electrons. The summed E-state index contributed by atoms with van der Waals surface area (Å²) < 4.78 is 5.23. The van der Waals surface area contributed by atoms with Crippen molar-refractivity contribution in [2.75, 3.05) is 0 Å². The molecular weight excluding hydrogens is 260 g/mol. The number of terminal acetylenes is 1. The third-order valence-corrected chi connectivity index (χ3v) is 4.25. The van der Waals surface area contributed by atoms with Gasteiger partial charge in [0, 0.05) is 6.92 Å². The van der Waals surface area contributed by atoms with Gasteiger partial charge in [0.15, 0.2) is 5.60 Å². The number of unbranched alkanes of at least 4 members (excludes halogenated alkanes) is 1. The van der Waals surface area contributed by atoms with Gasteiger partial charge in [-0.1, -0.05) is 37.5 Å².